The standard InChI is InChI=1S/C18H15BrFN/c19-15-9-2-1-5-14(15)17-12-7-3-6-11(12)13-8-4-10-16(20)18(13)21-17/h1-6,8-12,17,21H,7H2/t11-,12-,17-/m0/s1. The second kappa shape index (κ2) is 4.99. The third kappa shape index (κ3) is 2.03. The van der Waals surface area contributed by atoms with Gasteiger partial charge in [-0.25, -0.2) is 4.39 Å². The molecular formula is C18H15BrFN. The Morgan fingerprint density at radius 1 is 1.05 bits per heavy atom. The second-order valence-electron chi connectivity index (χ2n) is 5.70. The average Bonchev–Trinajstić information content (AvgIpc) is 2.97. The van der Waals surface area contributed by atoms with E-state index in [0.29, 0.717) is 17.5 Å². The molecule has 1 heterocycles. The van der Waals surface area contributed by atoms with Crippen molar-refractivity contribution in [3.8, 4) is 0 Å². The Morgan fingerprint density at radius 3 is 2.71 bits per heavy atom. The van der Waals surface area contributed by atoms with Gasteiger partial charge in [-0.1, -0.05) is 58.4 Å². The number of benzene rings is 2. The first kappa shape index (κ1) is 13.1. The molecule has 1 aliphatic carbocycles. The summed E-state index contributed by atoms with van der Waals surface area (Å²) in [5.41, 5.74) is 2.94. The summed E-state index contributed by atoms with van der Waals surface area (Å²) >= 11 is 3.63. The van der Waals surface area contributed by atoms with Crippen molar-refractivity contribution < 1.29 is 4.39 Å². The molecule has 21 heavy (non-hydrogen) atoms. The summed E-state index contributed by atoms with van der Waals surface area (Å²) in [4.78, 5) is 0. The molecule has 2 aromatic rings. The van der Waals surface area contributed by atoms with E-state index >= 15 is 0 Å². The van der Waals surface area contributed by atoms with Crippen LogP contribution in [-0.4, -0.2) is 0 Å². The van der Waals surface area contributed by atoms with Gasteiger partial charge < -0.3 is 5.32 Å². The van der Waals surface area contributed by atoms with Crippen molar-refractivity contribution in [2.75, 3.05) is 5.32 Å². The van der Waals surface area contributed by atoms with Crippen LogP contribution in [0.1, 0.15) is 29.5 Å². The second-order valence-corrected chi connectivity index (χ2v) is 6.56. The molecule has 0 unspecified atom stereocenters. The van der Waals surface area contributed by atoms with E-state index in [1.807, 2.05) is 24.3 Å². The van der Waals surface area contributed by atoms with Gasteiger partial charge in [-0.3, -0.25) is 0 Å². The third-order valence-electron chi connectivity index (χ3n) is 4.59. The highest BCUT2D eigenvalue weighted by Gasteiger charge is 2.39. The van der Waals surface area contributed by atoms with Gasteiger partial charge in [0.2, 0.25) is 0 Å². The minimum Gasteiger partial charge on any atom is -0.375 e. The van der Waals surface area contributed by atoms with E-state index in [9.17, 15) is 4.39 Å². The van der Waals surface area contributed by atoms with Crippen molar-refractivity contribution in [2.45, 2.75) is 18.4 Å². The predicted molar refractivity (Wildman–Crippen MR) is 86.9 cm³/mol. The fourth-order valence-corrected chi connectivity index (χ4v) is 4.15. The molecule has 4 rings (SSSR count). The molecule has 1 N–H and O–H groups in total. The number of allylic oxidation sites excluding steroid dienone is 2. The normalized spacial score (nSPS) is 26.1. The number of hydrogen-bond acceptors (Lipinski definition) is 1. The van der Waals surface area contributed by atoms with Crippen molar-refractivity contribution in [2.24, 2.45) is 5.92 Å². The molecule has 0 amide bonds. The summed E-state index contributed by atoms with van der Waals surface area (Å²) in [7, 11) is 0. The molecule has 3 heteroatoms. The number of para-hydroxylation sites is 1. The molecular weight excluding hydrogens is 329 g/mol. The quantitative estimate of drug-likeness (QED) is 0.682. The Morgan fingerprint density at radius 2 is 1.86 bits per heavy atom. The molecule has 3 atom stereocenters. The topological polar surface area (TPSA) is 12.0 Å². The highest BCUT2D eigenvalue weighted by atomic mass is 79.9. The lowest BCUT2D eigenvalue weighted by Crippen LogP contribution is -2.29. The summed E-state index contributed by atoms with van der Waals surface area (Å²) in [6.45, 7) is 0. The third-order valence-corrected chi connectivity index (χ3v) is 5.31. The average molecular weight is 344 g/mol. The molecule has 0 saturated carbocycles. The van der Waals surface area contributed by atoms with Crippen LogP contribution in [0.4, 0.5) is 10.1 Å². The maximum Gasteiger partial charge on any atom is 0.146 e. The molecule has 0 radical (unpaired) electrons. The van der Waals surface area contributed by atoms with Gasteiger partial charge in [0, 0.05) is 10.4 Å². The Hall–Kier alpha value is -1.61. The summed E-state index contributed by atoms with van der Waals surface area (Å²) in [6.07, 6.45) is 5.48. The fraction of sp³-hybridized carbons (Fsp3) is 0.222. The zero-order valence-electron chi connectivity index (χ0n) is 11.4. The van der Waals surface area contributed by atoms with Crippen LogP contribution in [0.25, 0.3) is 0 Å². The SMILES string of the molecule is Fc1cccc2c1N[C@H](c1ccccc1Br)[C@H]1CC=C[C@H]21. The Labute approximate surface area is 132 Å². The van der Waals surface area contributed by atoms with Crippen LogP contribution in [0.3, 0.4) is 0 Å². The number of fused-ring (bicyclic) bond motifs is 3. The zero-order valence-corrected chi connectivity index (χ0v) is 13.0. The largest absolute Gasteiger partial charge is 0.375 e. The van der Waals surface area contributed by atoms with E-state index in [-0.39, 0.29) is 11.9 Å². The van der Waals surface area contributed by atoms with Gasteiger partial charge in [-0.15, -0.1) is 0 Å². The van der Waals surface area contributed by atoms with Crippen LogP contribution in [0.15, 0.2) is 59.1 Å². The van der Waals surface area contributed by atoms with E-state index < -0.39 is 0 Å². The molecule has 2 aromatic carbocycles. The summed E-state index contributed by atoms with van der Waals surface area (Å²) in [6, 6.07) is 13.7. The van der Waals surface area contributed by atoms with Crippen LogP contribution >= 0.6 is 15.9 Å². The lowest BCUT2D eigenvalue weighted by atomic mass is 9.77. The van der Waals surface area contributed by atoms with Gasteiger partial charge in [-0.2, -0.15) is 0 Å². The van der Waals surface area contributed by atoms with E-state index in [0.717, 1.165) is 16.5 Å². The first-order valence-electron chi connectivity index (χ1n) is 7.22. The van der Waals surface area contributed by atoms with Crippen molar-refractivity contribution >= 4 is 21.6 Å². The van der Waals surface area contributed by atoms with Crippen molar-refractivity contribution in [3.63, 3.8) is 0 Å². The first-order chi connectivity index (χ1) is 10.3. The fourth-order valence-electron chi connectivity index (χ4n) is 3.62. The van der Waals surface area contributed by atoms with Gasteiger partial charge in [0.25, 0.3) is 0 Å². The number of anilines is 1. The highest BCUT2D eigenvalue weighted by Crippen LogP contribution is 2.51. The van der Waals surface area contributed by atoms with Gasteiger partial charge >= 0.3 is 0 Å². The zero-order chi connectivity index (χ0) is 14.4. The van der Waals surface area contributed by atoms with E-state index in [4.69, 9.17) is 0 Å². The number of halogens is 2. The van der Waals surface area contributed by atoms with Crippen molar-refractivity contribution in [3.05, 3.63) is 76.0 Å². The Balaban J connectivity index is 1.85. The van der Waals surface area contributed by atoms with Gasteiger partial charge in [0.05, 0.1) is 11.7 Å². The molecule has 0 bridgehead atoms. The molecule has 0 saturated heterocycles. The Bertz CT molecular complexity index is 725. The number of hydrogen-bond donors (Lipinski definition) is 1. The monoisotopic (exact) mass is 343 g/mol. The van der Waals surface area contributed by atoms with E-state index in [1.54, 1.807) is 6.07 Å². The maximum atomic E-state index is 14.2. The molecule has 1 nitrogen and oxygen atoms in total. The Kier molecular flexibility index (Phi) is 3.11. The molecule has 2 aliphatic rings. The smallest absolute Gasteiger partial charge is 0.146 e. The predicted octanol–water partition coefficient (Wildman–Crippen LogP) is 5.41. The van der Waals surface area contributed by atoms with Gasteiger partial charge in [0.15, 0.2) is 0 Å². The molecule has 0 fully saturated rings. The summed E-state index contributed by atoms with van der Waals surface area (Å²) < 4.78 is 15.3. The van der Waals surface area contributed by atoms with Crippen LogP contribution in [0.5, 0.6) is 0 Å². The van der Waals surface area contributed by atoms with Crippen molar-refractivity contribution in [1.29, 1.82) is 0 Å². The summed E-state index contributed by atoms with van der Waals surface area (Å²) in [5, 5.41) is 3.45. The number of nitrogens with one attached hydrogen (secondary N) is 1. The minimum atomic E-state index is -0.164. The molecule has 0 aromatic heterocycles. The number of rotatable bonds is 1. The van der Waals surface area contributed by atoms with Gasteiger partial charge in [0.1, 0.15) is 5.82 Å². The van der Waals surface area contributed by atoms with E-state index in [1.165, 1.54) is 11.6 Å². The van der Waals surface area contributed by atoms with Gasteiger partial charge in [-0.05, 0) is 35.6 Å². The van der Waals surface area contributed by atoms with Crippen molar-refractivity contribution in [1.82, 2.24) is 0 Å². The van der Waals surface area contributed by atoms with Crippen LogP contribution in [-0.2, 0) is 0 Å². The molecule has 1 aliphatic heterocycles. The highest BCUT2D eigenvalue weighted by molar-refractivity contribution is 9.10. The summed E-state index contributed by atoms with van der Waals surface area (Å²) in [5.74, 6) is 0.579. The van der Waals surface area contributed by atoms with Crippen LogP contribution < -0.4 is 5.32 Å². The van der Waals surface area contributed by atoms with Crippen LogP contribution in [0, 0.1) is 11.7 Å². The molecule has 106 valence electrons. The first-order valence-corrected chi connectivity index (χ1v) is 8.01. The lowest BCUT2D eigenvalue weighted by Gasteiger charge is -2.38. The maximum absolute atomic E-state index is 14.2. The molecule has 0 spiro atoms. The lowest BCUT2D eigenvalue weighted by molar-refractivity contribution is 0.420. The van der Waals surface area contributed by atoms with Crippen LogP contribution in [0.2, 0.25) is 0 Å². The van der Waals surface area contributed by atoms with E-state index in [2.05, 4.69) is 39.5 Å². The minimum absolute atomic E-state index is 0.130.